The number of hydrogen-bond acceptors (Lipinski definition) is 2. The quantitative estimate of drug-likeness (QED) is 0.912. The van der Waals surface area contributed by atoms with Crippen molar-refractivity contribution >= 4 is 0 Å². The van der Waals surface area contributed by atoms with Gasteiger partial charge in [-0.3, -0.25) is 0 Å². The Morgan fingerprint density at radius 3 is 2.90 bits per heavy atom. The van der Waals surface area contributed by atoms with Gasteiger partial charge in [-0.15, -0.1) is 0 Å². The van der Waals surface area contributed by atoms with Gasteiger partial charge in [-0.25, -0.2) is 4.98 Å². The highest BCUT2D eigenvalue weighted by molar-refractivity contribution is 5.43. The van der Waals surface area contributed by atoms with Crippen molar-refractivity contribution in [2.45, 2.75) is 51.0 Å². The van der Waals surface area contributed by atoms with Gasteiger partial charge in [0.2, 0.25) is 0 Å². The SMILES string of the molecule is c1cc2c(cc1-n1cncc1C1CCCCC1)CNCC2. The van der Waals surface area contributed by atoms with E-state index in [-0.39, 0.29) is 0 Å². The molecule has 2 heterocycles. The van der Waals surface area contributed by atoms with Gasteiger partial charge in [0.15, 0.2) is 0 Å². The average Bonchev–Trinajstić information content (AvgIpc) is 3.05. The van der Waals surface area contributed by atoms with Crippen molar-refractivity contribution in [1.29, 1.82) is 0 Å². The summed E-state index contributed by atoms with van der Waals surface area (Å²) in [6.07, 6.45) is 12.0. The number of fused-ring (bicyclic) bond motifs is 1. The first-order chi connectivity index (χ1) is 10.4. The summed E-state index contributed by atoms with van der Waals surface area (Å²) >= 11 is 0. The summed E-state index contributed by atoms with van der Waals surface area (Å²) < 4.78 is 2.31. The van der Waals surface area contributed by atoms with Crippen LogP contribution in [-0.4, -0.2) is 16.1 Å². The standard InChI is InChI=1S/C18H23N3/c1-2-4-15(5-3-1)18-12-20-13-21(18)17-7-6-14-8-9-19-11-16(14)10-17/h6-7,10,12-13,15,19H,1-5,8-9,11H2. The van der Waals surface area contributed by atoms with E-state index in [2.05, 4.69) is 39.3 Å². The first-order valence-electron chi connectivity index (χ1n) is 8.27. The molecule has 0 unspecified atom stereocenters. The number of nitrogens with one attached hydrogen (secondary N) is 1. The fourth-order valence-electron chi connectivity index (χ4n) is 3.84. The molecule has 0 spiro atoms. The molecule has 0 radical (unpaired) electrons. The Balaban J connectivity index is 1.68. The molecular weight excluding hydrogens is 258 g/mol. The fraction of sp³-hybridized carbons (Fsp3) is 0.500. The summed E-state index contributed by atoms with van der Waals surface area (Å²) in [5, 5.41) is 3.47. The van der Waals surface area contributed by atoms with Crippen molar-refractivity contribution in [2.75, 3.05) is 6.54 Å². The lowest BCUT2D eigenvalue weighted by Gasteiger charge is -2.24. The molecule has 1 aromatic heterocycles. The molecule has 0 amide bonds. The van der Waals surface area contributed by atoms with E-state index in [1.807, 2.05) is 6.33 Å². The zero-order chi connectivity index (χ0) is 14.1. The van der Waals surface area contributed by atoms with Crippen LogP contribution in [0.15, 0.2) is 30.7 Å². The Morgan fingerprint density at radius 2 is 2.00 bits per heavy atom. The molecule has 1 aromatic carbocycles. The summed E-state index contributed by atoms with van der Waals surface area (Å²) in [5.41, 5.74) is 5.62. The van der Waals surface area contributed by atoms with E-state index in [4.69, 9.17) is 0 Å². The molecule has 0 bridgehead atoms. The van der Waals surface area contributed by atoms with Gasteiger partial charge < -0.3 is 9.88 Å². The van der Waals surface area contributed by atoms with E-state index in [1.54, 1.807) is 0 Å². The molecule has 1 aliphatic heterocycles. The van der Waals surface area contributed by atoms with Crippen LogP contribution in [0.5, 0.6) is 0 Å². The van der Waals surface area contributed by atoms with E-state index < -0.39 is 0 Å². The third-order valence-electron chi connectivity index (χ3n) is 5.05. The van der Waals surface area contributed by atoms with Gasteiger partial charge in [-0.05, 0) is 49.1 Å². The topological polar surface area (TPSA) is 29.9 Å². The molecule has 21 heavy (non-hydrogen) atoms. The number of imidazole rings is 1. The molecule has 4 rings (SSSR count). The maximum Gasteiger partial charge on any atom is 0.0994 e. The van der Waals surface area contributed by atoms with Crippen LogP contribution in [0, 0.1) is 0 Å². The number of aromatic nitrogens is 2. The van der Waals surface area contributed by atoms with Crippen LogP contribution in [0.2, 0.25) is 0 Å². The monoisotopic (exact) mass is 281 g/mol. The number of benzene rings is 1. The number of rotatable bonds is 2. The molecule has 2 aromatic rings. The summed E-state index contributed by atoms with van der Waals surface area (Å²) in [6, 6.07) is 6.91. The van der Waals surface area contributed by atoms with Gasteiger partial charge in [0.05, 0.1) is 6.33 Å². The Morgan fingerprint density at radius 1 is 1.10 bits per heavy atom. The highest BCUT2D eigenvalue weighted by atomic mass is 15.1. The van der Waals surface area contributed by atoms with E-state index in [9.17, 15) is 0 Å². The number of hydrogen-bond donors (Lipinski definition) is 1. The zero-order valence-electron chi connectivity index (χ0n) is 12.5. The Bertz CT molecular complexity index is 623. The Kier molecular flexibility index (Phi) is 3.52. The molecule has 0 saturated heterocycles. The molecule has 0 atom stereocenters. The molecule has 1 fully saturated rings. The first-order valence-corrected chi connectivity index (χ1v) is 8.27. The Hall–Kier alpha value is -1.61. The third-order valence-corrected chi connectivity index (χ3v) is 5.05. The summed E-state index contributed by atoms with van der Waals surface area (Å²) in [4.78, 5) is 4.43. The second-order valence-corrected chi connectivity index (χ2v) is 6.40. The molecule has 1 N–H and O–H groups in total. The lowest BCUT2D eigenvalue weighted by atomic mass is 9.87. The fourth-order valence-corrected chi connectivity index (χ4v) is 3.84. The van der Waals surface area contributed by atoms with Crippen molar-refractivity contribution in [3.05, 3.63) is 47.5 Å². The summed E-state index contributed by atoms with van der Waals surface area (Å²) in [5.74, 6) is 0.690. The van der Waals surface area contributed by atoms with E-state index in [0.29, 0.717) is 5.92 Å². The maximum atomic E-state index is 4.43. The molecule has 2 aliphatic rings. The molecular formula is C18H23N3. The van der Waals surface area contributed by atoms with Gasteiger partial charge in [-0.1, -0.05) is 25.3 Å². The molecule has 110 valence electrons. The lowest BCUT2D eigenvalue weighted by Crippen LogP contribution is -2.23. The predicted octanol–water partition coefficient (Wildman–Crippen LogP) is 3.57. The van der Waals surface area contributed by atoms with Gasteiger partial charge in [-0.2, -0.15) is 0 Å². The second kappa shape index (κ2) is 5.64. The minimum atomic E-state index is 0.690. The van der Waals surface area contributed by atoms with Crippen LogP contribution in [0.1, 0.15) is 54.8 Å². The maximum absolute atomic E-state index is 4.43. The van der Waals surface area contributed by atoms with E-state index in [0.717, 1.165) is 19.5 Å². The summed E-state index contributed by atoms with van der Waals surface area (Å²) in [7, 11) is 0. The zero-order valence-corrected chi connectivity index (χ0v) is 12.5. The molecule has 1 aliphatic carbocycles. The van der Waals surface area contributed by atoms with Crippen LogP contribution in [0.4, 0.5) is 0 Å². The molecule has 1 saturated carbocycles. The third kappa shape index (κ3) is 2.51. The van der Waals surface area contributed by atoms with Gasteiger partial charge in [0.25, 0.3) is 0 Å². The van der Waals surface area contributed by atoms with Crippen molar-refractivity contribution in [1.82, 2.24) is 14.9 Å². The van der Waals surface area contributed by atoms with Crippen molar-refractivity contribution in [2.24, 2.45) is 0 Å². The molecule has 3 nitrogen and oxygen atoms in total. The lowest BCUT2D eigenvalue weighted by molar-refractivity contribution is 0.433. The van der Waals surface area contributed by atoms with Crippen LogP contribution >= 0.6 is 0 Å². The first kappa shape index (κ1) is 13.1. The van der Waals surface area contributed by atoms with Crippen LogP contribution < -0.4 is 5.32 Å². The van der Waals surface area contributed by atoms with Gasteiger partial charge in [0.1, 0.15) is 0 Å². The van der Waals surface area contributed by atoms with Gasteiger partial charge in [0, 0.05) is 30.0 Å². The highest BCUT2D eigenvalue weighted by Gasteiger charge is 2.20. The smallest absolute Gasteiger partial charge is 0.0994 e. The van der Waals surface area contributed by atoms with Gasteiger partial charge >= 0.3 is 0 Å². The van der Waals surface area contributed by atoms with Crippen LogP contribution in [-0.2, 0) is 13.0 Å². The van der Waals surface area contributed by atoms with Crippen LogP contribution in [0.25, 0.3) is 5.69 Å². The largest absolute Gasteiger partial charge is 0.312 e. The predicted molar refractivity (Wildman–Crippen MR) is 84.8 cm³/mol. The number of nitrogens with zero attached hydrogens (tertiary/aromatic N) is 2. The van der Waals surface area contributed by atoms with Crippen molar-refractivity contribution in [3.8, 4) is 5.69 Å². The second-order valence-electron chi connectivity index (χ2n) is 6.40. The Labute approximate surface area is 126 Å². The van der Waals surface area contributed by atoms with E-state index >= 15 is 0 Å². The van der Waals surface area contributed by atoms with Crippen molar-refractivity contribution in [3.63, 3.8) is 0 Å². The summed E-state index contributed by atoms with van der Waals surface area (Å²) in [6.45, 7) is 2.10. The van der Waals surface area contributed by atoms with E-state index in [1.165, 1.54) is 54.6 Å². The highest BCUT2D eigenvalue weighted by Crippen LogP contribution is 2.33. The minimum absolute atomic E-state index is 0.690. The van der Waals surface area contributed by atoms with Crippen molar-refractivity contribution < 1.29 is 0 Å². The minimum Gasteiger partial charge on any atom is -0.312 e. The average molecular weight is 281 g/mol. The molecule has 3 heteroatoms. The normalized spacial score (nSPS) is 19.4. The van der Waals surface area contributed by atoms with Crippen LogP contribution in [0.3, 0.4) is 0 Å².